The molecule has 0 fully saturated rings. The number of ether oxygens (including phenoxy) is 1. The lowest BCUT2D eigenvalue weighted by molar-refractivity contribution is 0.305. The Hall–Kier alpha value is -2.47. The highest BCUT2D eigenvalue weighted by molar-refractivity contribution is 7.18. The molecule has 0 spiro atoms. The van der Waals surface area contributed by atoms with Crippen molar-refractivity contribution in [2.45, 2.75) is 46.5 Å². The fraction of sp³-hybridized carbons (Fsp3) is 0.381. The molecule has 2 heterocycles. The number of rotatable bonds is 8. The Balaban J connectivity index is 1.67. The zero-order valence-corrected chi connectivity index (χ0v) is 16.9. The van der Waals surface area contributed by atoms with E-state index in [-0.39, 0.29) is 5.56 Å². The first-order chi connectivity index (χ1) is 13.1. The molecule has 0 aliphatic carbocycles. The van der Waals surface area contributed by atoms with Gasteiger partial charge in [0.25, 0.3) is 5.56 Å². The van der Waals surface area contributed by atoms with E-state index < -0.39 is 0 Å². The highest BCUT2D eigenvalue weighted by Crippen LogP contribution is 2.25. The third-order valence-electron chi connectivity index (χ3n) is 4.55. The first-order valence-corrected chi connectivity index (χ1v) is 10.2. The van der Waals surface area contributed by atoms with Crippen molar-refractivity contribution in [3.63, 3.8) is 0 Å². The normalized spacial score (nSPS) is 11.5. The zero-order valence-electron chi connectivity index (χ0n) is 16.1. The average Bonchev–Trinajstić information content (AvgIpc) is 2.97. The third kappa shape index (κ3) is 4.63. The summed E-state index contributed by atoms with van der Waals surface area (Å²) in [6, 6.07) is 7.72. The monoisotopic (exact) mass is 383 g/mol. The molecule has 0 saturated heterocycles. The van der Waals surface area contributed by atoms with Gasteiger partial charge in [-0.1, -0.05) is 26.2 Å². The van der Waals surface area contributed by atoms with E-state index in [0.29, 0.717) is 5.39 Å². The summed E-state index contributed by atoms with van der Waals surface area (Å²) in [5, 5.41) is 4.94. The molecule has 27 heavy (non-hydrogen) atoms. The lowest BCUT2D eigenvalue weighted by Crippen LogP contribution is -2.16. The number of hydrogen-bond donors (Lipinski definition) is 0. The Morgan fingerprint density at radius 3 is 2.70 bits per heavy atom. The summed E-state index contributed by atoms with van der Waals surface area (Å²) in [6.07, 6.45) is 7.90. The summed E-state index contributed by atoms with van der Waals surface area (Å²) in [7, 11) is 0. The van der Waals surface area contributed by atoms with Gasteiger partial charge in [-0.3, -0.25) is 4.79 Å². The molecule has 142 valence electrons. The highest BCUT2D eigenvalue weighted by Gasteiger charge is 2.11. The van der Waals surface area contributed by atoms with Gasteiger partial charge in [0.2, 0.25) is 0 Å². The topological polar surface area (TPSA) is 56.5 Å². The van der Waals surface area contributed by atoms with E-state index in [1.54, 1.807) is 6.21 Å². The standard InChI is InChI=1S/C21H25N3O2S/c1-4-5-6-7-12-26-18-10-8-17(9-11-18)13-23-24-14-22-20-19(21(24)25)15(2)16(3)27-20/h8-11,13-14H,4-7,12H2,1-3H3/b23-13+. The van der Waals surface area contributed by atoms with Gasteiger partial charge in [-0.2, -0.15) is 9.78 Å². The molecule has 0 amide bonds. The van der Waals surface area contributed by atoms with Crippen LogP contribution in [0.3, 0.4) is 0 Å². The summed E-state index contributed by atoms with van der Waals surface area (Å²) < 4.78 is 7.04. The van der Waals surface area contributed by atoms with Gasteiger partial charge in [-0.25, -0.2) is 4.98 Å². The van der Waals surface area contributed by atoms with Gasteiger partial charge >= 0.3 is 0 Å². The SMILES string of the molecule is CCCCCCOc1ccc(/C=N/n2cnc3sc(C)c(C)c3c2=O)cc1. The summed E-state index contributed by atoms with van der Waals surface area (Å²) in [5.41, 5.74) is 1.75. The van der Waals surface area contributed by atoms with E-state index >= 15 is 0 Å². The van der Waals surface area contributed by atoms with Gasteiger partial charge in [0.1, 0.15) is 16.9 Å². The van der Waals surface area contributed by atoms with Crippen molar-refractivity contribution in [1.82, 2.24) is 9.66 Å². The van der Waals surface area contributed by atoms with Crippen LogP contribution in [-0.4, -0.2) is 22.5 Å². The maximum Gasteiger partial charge on any atom is 0.282 e. The molecule has 0 radical (unpaired) electrons. The van der Waals surface area contributed by atoms with Gasteiger partial charge in [0.15, 0.2) is 0 Å². The van der Waals surface area contributed by atoms with Crippen LogP contribution in [0, 0.1) is 13.8 Å². The van der Waals surface area contributed by atoms with Crippen LogP contribution in [0.25, 0.3) is 10.2 Å². The molecule has 5 nitrogen and oxygen atoms in total. The summed E-state index contributed by atoms with van der Waals surface area (Å²) in [4.78, 5) is 18.9. The minimum atomic E-state index is -0.134. The van der Waals surface area contributed by atoms with Crippen LogP contribution in [0.5, 0.6) is 5.75 Å². The molecule has 0 bridgehead atoms. The van der Waals surface area contributed by atoms with Crippen LogP contribution < -0.4 is 10.3 Å². The molecular formula is C21H25N3O2S. The first-order valence-electron chi connectivity index (χ1n) is 9.34. The molecule has 0 aliphatic rings. The van der Waals surface area contributed by atoms with Gasteiger partial charge in [0.05, 0.1) is 18.2 Å². The first kappa shape index (κ1) is 19.3. The highest BCUT2D eigenvalue weighted by atomic mass is 32.1. The van der Waals surface area contributed by atoms with Crippen LogP contribution in [-0.2, 0) is 0 Å². The van der Waals surface area contributed by atoms with Gasteiger partial charge in [0, 0.05) is 4.88 Å². The van der Waals surface area contributed by atoms with Crippen molar-refractivity contribution >= 4 is 27.8 Å². The predicted molar refractivity (Wildman–Crippen MR) is 112 cm³/mol. The minimum absolute atomic E-state index is 0.134. The molecule has 6 heteroatoms. The summed E-state index contributed by atoms with van der Waals surface area (Å²) >= 11 is 1.54. The summed E-state index contributed by atoms with van der Waals surface area (Å²) in [6.45, 7) is 6.90. The maximum absolute atomic E-state index is 12.6. The Labute approximate surface area is 163 Å². The molecular weight excluding hydrogens is 358 g/mol. The van der Waals surface area contributed by atoms with Crippen molar-refractivity contribution in [2.24, 2.45) is 5.10 Å². The van der Waals surface area contributed by atoms with E-state index in [2.05, 4.69) is 17.0 Å². The van der Waals surface area contributed by atoms with Crippen molar-refractivity contribution < 1.29 is 4.74 Å². The van der Waals surface area contributed by atoms with Crippen LogP contribution in [0.2, 0.25) is 0 Å². The van der Waals surface area contributed by atoms with E-state index in [4.69, 9.17) is 4.74 Å². The maximum atomic E-state index is 12.6. The van der Waals surface area contributed by atoms with E-state index in [0.717, 1.165) is 39.6 Å². The van der Waals surface area contributed by atoms with E-state index in [1.807, 2.05) is 38.1 Å². The number of hydrogen-bond acceptors (Lipinski definition) is 5. The molecule has 1 aromatic carbocycles. The van der Waals surface area contributed by atoms with Crippen molar-refractivity contribution in [1.29, 1.82) is 0 Å². The largest absolute Gasteiger partial charge is 0.494 e. The Morgan fingerprint density at radius 1 is 1.19 bits per heavy atom. The third-order valence-corrected chi connectivity index (χ3v) is 5.67. The van der Waals surface area contributed by atoms with Gasteiger partial charge in [-0.15, -0.1) is 11.3 Å². The minimum Gasteiger partial charge on any atom is -0.494 e. The van der Waals surface area contributed by atoms with Crippen LogP contribution in [0.1, 0.15) is 48.6 Å². The second-order valence-electron chi connectivity index (χ2n) is 6.58. The Bertz CT molecular complexity index is 987. The Kier molecular flexibility index (Phi) is 6.40. The lowest BCUT2D eigenvalue weighted by Gasteiger charge is -2.06. The number of nitrogens with zero attached hydrogens (tertiary/aromatic N) is 3. The molecule has 3 aromatic rings. The number of thiophene rings is 1. The second-order valence-corrected chi connectivity index (χ2v) is 7.78. The van der Waals surface area contributed by atoms with E-state index in [9.17, 15) is 4.79 Å². The molecule has 0 N–H and O–H groups in total. The fourth-order valence-corrected chi connectivity index (χ4v) is 3.79. The summed E-state index contributed by atoms with van der Waals surface area (Å²) in [5.74, 6) is 0.855. The van der Waals surface area contributed by atoms with Crippen molar-refractivity contribution in [2.75, 3.05) is 6.61 Å². The molecule has 0 aliphatic heterocycles. The van der Waals surface area contributed by atoms with Crippen molar-refractivity contribution in [3.05, 3.63) is 57.0 Å². The predicted octanol–water partition coefficient (Wildman–Crippen LogP) is 4.92. The molecule has 2 aromatic heterocycles. The average molecular weight is 384 g/mol. The number of fused-ring (bicyclic) bond motifs is 1. The smallest absolute Gasteiger partial charge is 0.282 e. The fourth-order valence-electron chi connectivity index (χ4n) is 2.81. The van der Waals surface area contributed by atoms with Crippen LogP contribution >= 0.6 is 11.3 Å². The number of aryl methyl sites for hydroxylation is 2. The molecule has 0 atom stereocenters. The van der Waals surface area contributed by atoms with Gasteiger partial charge in [-0.05, 0) is 55.7 Å². The number of unbranched alkanes of at least 4 members (excludes halogenated alkanes) is 3. The molecule has 3 rings (SSSR count). The molecule has 0 unspecified atom stereocenters. The van der Waals surface area contributed by atoms with Crippen LogP contribution in [0.15, 0.2) is 40.5 Å². The quantitative estimate of drug-likeness (QED) is 0.410. The Morgan fingerprint density at radius 2 is 1.96 bits per heavy atom. The number of aromatic nitrogens is 2. The lowest BCUT2D eigenvalue weighted by atomic mass is 10.2. The number of benzene rings is 1. The second kappa shape index (κ2) is 8.95. The van der Waals surface area contributed by atoms with Gasteiger partial charge < -0.3 is 4.74 Å². The van der Waals surface area contributed by atoms with E-state index in [1.165, 1.54) is 41.6 Å². The zero-order chi connectivity index (χ0) is 19.2. The van der Waals surface area contributed by atoms with Crippen molar-refractivity contribution in [3.8, 4) is 5.75 Å². The molecule has 0 saturated carbocycles. The van der Waals surface area contributed by atoms with Crippen LogP contribution in [0.4, 0.5) is 0 Å².